The highest BCUT2D eigenvalue weighted by Gasteiger charge is 2.28. The first-order valence-electron chi connectivity index (χ1n) is 11.6. The predicted octanol–water partition coefficient (Wildman–Crippen LogP) is 4.69. The van der Waals surface area contributed by atoms with Crippen LogP contribution in [0.15, 0.2) is 48.7 Å². The van der Waals surface area contributed by atoms with Crippen LogP contribution >= 0.6 is 0 Å². The summed E-state index contributed by atoms with van der Waals surface area (Å²) in [5, 5.41) is 1.06. The second kappa shape index (κ2) is 10.1. The summed E-state index contributed by atoms with van der Waals surface area (Å²) in [6, 6.07) is 12.7. The van der Waals surface area contributed by atoms with E-state index in [9.17, 15) is 14.0 Å². The molecule has 174 valence electrons. The molecule has 2 heterocycles. The normalized spacial score (nSPS) is 15.0. The molecule has 1 unspecified atom stereocenters. The predicted molar refractivity (Wildman–Crippen MR) is 126 cm³/mol. The number of nitrogens with zero attached hydrogens (tertiary/aromatic N) is 2. The molecule has 7 heteroatoms. The Morgan fingerprint density at radius 3 is 2.48 bits per heavy atom. The van der Waals surface area contributed by atoms with Crippen molar-refractivity contribution >= 4 is 22.9 Å². The molecule has 0 aliphatic carbocycles. The fourth-order valence-electron chi connectivity index (χ4n) is 4.61. The number of carbonyl (C=O) groups is 2. The van der Waals surface area contributed by atoms with E-state index in [-0.39, 0.29) is 30.2 Å². The van der Waals surface area contributed by atoms with Crippen molar-refractivity contribution in [3.05, 3.63) is 71.2 Å². The summed E-state index contributed by atoms with van der Waals surface area (Å²) in [5.41, 5.74) is 4.03. The number of nitrogens with one attached hydrogen (secondary N) is 1. The van der Waals surface area contributed by atoms with Gasteiger partial charge in [0, 0.05) is 55.6 Å². The number of ether oxygens (including phenoxy) is 1. The smallest absolute Gasteiger partial charge is 0.409 e. The van der Waals surface area contributed by atoms with E-state index in [4.69, 9.17) is 4.74 Å². The first kappa shape index (κ1) is 22.8. The van der Waals surface area contributed by atoms with Crippen molar-refractivity contribution in [2.45, 2.75) is 32.6 Å². The van der Waals surface area contributed by atoms with Gasteiger partial charge in [-0.3, -0.25) is 4.79 Å². The third kappa shape index (κ3) is 4.87. The lowest BCUT2D eigenvalue weighted by Gasteiger charge is -2.34. The van der Waals surface area contributed by atoms with Crippen molar-refractivity contribution in [1.29, 1.82) is 0 Å². The second-order valence-corrected chi connectivity index (χ2v) is 8.32. The molecule has 1 fully saturated rings. The van der Waals surface area contributed by atoms with Gasteiger partial charge in [0.15, 0.2) is 0 Å². The van der Waals surface area contributed by atoms with E-state index in [0.717, 1.165) is 28.5 Å². The highest BCUT2D eigenvalue weighted by Crippen LogP contribution is 2.35. The molecule has 6 nitrogen and oxygen atoms in total. The van der Waals surface area contributed by atoms with Gasteiger partial charge in [0.25, 0.3) is 0 Å². The van der Waals surface area contributed by atoms with Crippen LogP contribution < -0.4 is 0 Å². The topological polar surface area (TPSA) is 65.6 Å². The molecule has 0 saturated carbocycles. The van der Waals surface area contributed by atoms with Crippen molar-refractivity contribution in [2.24, 2.45) is 0 Å². The lowest BCUT2D eigenvalue weighted by molar-refractivity contribution is -0.133. The summed E-state index contributed by atoms with van der Waals surface area (Å²) in [6.45, 7) is 6.03. The zero-order valence-electron chi connectivity index (χ0n) is 19.1. The Morgan fingerprint density at radius 1 is 1.06 bits per heavy atom. The number of H-pyrrole nitrogens is 1. The first-order chi connectivity index (χ1) is 16.0. The first-order valence-corrected chi connectivity index (χ1v) is 11.6. The fraction of sp³-hybridized carbons (Fsp3) is 0.385. The lowest BCUT2D eigenvalue weighted by Crippen LogP contribution is -2.50. The van der Waals surface area contributed by atoms with Crippen LogP contribution in [0.4, 0.5) is 9.18 Å². The molecular formula is C26H30FN3O3. The zero-order chi connectivity index (χ0) is 23.4. The summed E-state index contributed by atoms with van der Waals surface area (Å²) in [6.07, 6.45) is 2.73. The highest BCUT2D eigenvalue weighted by molar-refractivity contribution is 5.88. The monoisotopic (exact) mass is 451 g/mol. The molecule has 1 atom stereocenters. The van der Waals surface area contributed by atoms with Crippen molar-refractivity contribution in [1.82, 2.24) is 14.8 Å². The molecule has 4 rings (SSSR count). The molecule has 0 radical (unpaired) electrons. The van der Waals surface area contributed by atoms with Crippen LogP contribution in [0.3, 0.4) is 0 Å². The van der Waals surface area contributed by atoms with Crippen LogP contribution in [0, 0.1) is 5.82 Å². The van der Waals surface area contributed by atoms with E-state index in [2.05, 4.69) is 24.0 Å². The number of benzene rings is 2. The van der Waals surface area contributed by atoms with Crippen LogP contribution in [0.5, 0.6) is 0 Å². The van der Waals surface area contributed by atoms with Crippen LogP contribution in [-0.2, 0) is 16.0 Å². The standard InChI is InChI=1S/C26H30FN3O3/c1-3-18-7-6-10-21-23(17-28-25(18)21)22(19-8-5-9-20(27)15-19)16-24(31)29-11-13-30(14-12-29)26(32)33-4-2/h5-10,15,17,22,28H,3-4,11-14,16H2,1-2H3. The summed E-state index contributed by atoms with van der Waals surface area (Å²) < 4.78 is 19.2. The van der Waals surface area contributed by atoms with E-state index in [0.29, 0.717) is 32.8 Å². The number of amides is 2. The van der Waals surface area contributed by atoms with E-state index >= 15 is 0 Å². The molecule has 0 bridgehead atoms. The van der Waals surface area contributed by atoms with Crippen LogP contribution in [0.2, 0.25) is 0 Å². The van der Waals surface area contributed by atoms with Crippen LogP contribution in [0.25, 0.3) is 10.9 Å². The molecule has 2 amide bonds. The number of hydrogen-bond acceptors (Lipinski definition) is 3. The Morgan fingerprint density at radius 2 is 1.79 bits per heavy atom. The molecule has 1 N–H and O–H groups in total. The number of carbonyl (C=O) groups excluding carboxylic acids is 2. The number of piperazine rings is 1. The van der Waals surface area contributed by atoms with Crippen molar-refractivity contribution < 1.29 is 18.7 Å². The molecule has 3 aromatic rings. The van der Waals surface area contributed by atoms with Gasteiger partial charge >= 0.3 is 6.09 Å². The molecular weight excluding hydrogens is 421 g/mol. The van der Waals surface area contributed by atoms with Crippen LogP contribution in [0.1, 0.15) is 42.9 Å². The van der Waals surface area contributed by atoms with Gasteiger partial charge < -0.3 is 19.5 Å². The molecule has 0 spiro atoms. The zero-order valence-corrected chi connectivity index (χ0v) is 19.1. The Kier molecular flexibility index (Phi) is 6.96. The molecule has 33 heavy (non-hydrogen) atoms. The van der Waals surface area contributed by atoms with E-state index in [1.165, 1.54) is 17.7 Å². The maximum atomic E-state index is 14.1. The summed E-state index contributed by atoms with van der Waals surface area (Å²) in [5.74, 6) is -0.604. The van der Waals surface area contributed by atoms with E-state index < -0.39 is 0 Å². The number of aromatic amines is 1. The van der Waals surface area contributed by atoms with Crippen molar-refractivity contribution in [3.8, 4) is 0 Å². The van der Waals surface area contributed by atoms with Gasteiger partial charge in [0.2, 0.25) is 5.91 Å². The lowest BCUT2D eigenvalue weighted by atomic mass is 9.87. The fourth-order valence-corrected chi connectivity index (χ4v) is 4.61. The third-order valence-corrected chi connectivity index (χ3v) is 6.38. The molecule has 1 saturated heterocycles. The minimum absolute atomic E-state index is 0.00577. The molecule has 2 aromatic carbocycles. The number of aromatic nitrogens is 1. The van der Waals surface area contributed by atoms with Gasteiger partial charge in [0.05, 0.1) is 6.61 Å². The second-order valence-electron chi connectivity index (χ2n) is 8.32. The van der Waals surface area contributed by atoms with Gasteiger partial charge in [-0.15, -0.1) is 0 Å². The number of hydrogen-bond donors (Lipinski definition) is 1. The van der Waals surface area contributed by atoms with Crippen molar-refractivity contribution in [3.63, 3.8) is 0 Å². The average molecular weight is 452 g/mol. The number of rotatable bonds is 6. The summed E-state index contributed by atoms with van der Waals surface area (Å²) >= 11 is 0. The molecule has 1 aliphatic heterocycles. The van der Waals surface area contributed by atoms with E-state index in [1.54, 1.807) is 22.8 Å². The molecule has 1 aliphatic rings. The van der Waals surface area contributed by atoms with Gasteiger partial charge in [-0.05, 0) is 42.2 Å². The third-order valence-electron chi connectivity index (χ3n) is 6.38. The van der Waals surface area contributed by atoms with Gasteiger partial charge in [0.1, 0.15) is 5.82 Å². The Hall–Kier alpha value is -3.35. The SMILES string of the molecule is CCOC(=O)N1CCN(C(=O)CC(c2cccc(F)c2)c2c[nH]c3c(CC)cccc23)CC1. The maximum Gasteiger partial charge on any atom is 0.409 e. The Bertz CT molecular complexity index is 1130. The van der Waals surface area contributed by atoms with Gasteiger partial charge in [-0.2, -0.15) is 0 Å². The van der Waals surface area contributed by atoms with Gasteiger partial charge in [-0.25, -0.2) is 9.18 Å². The van der Waals surface area contributed by atoms with Crippen LogP contribution in [-0.4, -0.2) is 59.6 Å². The number of fused-ring (bicyclic) bond motifs is 1. The quantitative estimate of drug-likeness (QED) is 0.591. The summed E-state index contributed by atoms with van der Waals surface area (Å²) in [4.78, 5) is 32.1. The Balaban J connectivity index is 1.59. The summed E-state index contributed by atoms with van der Waals surface area (Å²) in [7, 11) is 0. The number of aryl methyl sites for hydroxylation is 1. The van der Waals surface area contributed by atoms with E-state index in [1.807, 2.05) is 18.3 Å². The minimum atomic E-state index is -0.340. The highest BCUT2D eigenvalue weighted by atomic mass is 19.1. The number of para-hydroxylation sites is 1. The number of halogens is 1. The van der Waals surface area contributed by atoms with Gasteiger partial charge in [-0.1, -0.05) is 37.3 Å². The largest absolute Gasteiger partial charge is 0.450 e. The molecule has 1 aromatic heterocycles. The Labute approximate surface area is 193 Å². The minimum Gasteiger partial charge on any atom is -0.450 e. The average Bonchev–Trinajstić information content (AvgIpc) is 3.26. The maximum absolute atomic E-state index is 14.1. The van der Waals surface area contributed by atoms with Crippen molar-refractivity contribution in [2.75, 3.05) is 32.8 Å².